The predicted octanol–water partition coefficient (Wildman–Crippen LogP) is 4.88. The van der Waals surface area contributed by atoms with Crippen molar-refractivity contribution in [3.8, 4) is 34.1 Å². The molecule has 0 saturated carbocycles. The molecule has 0 aliphatic heterocycles. The molecule has 4 nitrogen and oxygen atoms in total. The molecule has 29 heavy (non-hydrogen) atoms. The Balaban J connectivity index is 2.60. The van der Waals surface area contributed by atoms with Gasteiger partial charge in [0.2, 0.25) is 5.82 Å². The fourth-order valence-corrected chi connectivity index (χ4v) is 3.09. The molecule has 1 aromatic heterocycles. The van der Waals surface area contributed by atoms with Crippen molar-refractivity contribution in [2.75, 3.05) is 12.8 Å². The molecule has 0 bridgehead atoms. The number of hydrogen-bond donors (Lipinski definition) is 1. The van der Waals surface area contributed by atoms with Crippen molar-refractivity contribution in [1.82, 2.24) is 4.98 Å². The third kappa shape index (κ3) is 3.02. The number of aromatic nitrogens is 1. The van der Waals surface area contributed by atoms with Crippen LogP contribution in [-0.4, -0.2) is 12.1 Å². The number of benzene rings is 2. The molecule has 3 rings (SSSR count). The third-order valence-electron chi connectivity index (χ3n) is 4.35. The Morgan fingerprint density at radius 2 is 1.45 bits per heavy atom. The van der Waals surface area contributed by atoms with E-state index < -0.39 is 51.6 Å². The van der Waals surface area contributed by atoms with Crippen LogP contribution in [0.25, 0.3) is 22.3 Å². The lowest BCUT2D eigenvalue weighted by Gasteiger charge is -2.19. The molecular weight excluding hydrogens is 393 g/mol. The van der Waals surface area contributed by atoms with Crippen LogP contribution in [0.15, 0.2) is 24.3 Å². The van der Waals surface area contributed by atoms with E-state index in [9.17, 15) is 27.2 Å². The van der Waals surface area contributed by atoms with Crippen molar-refractivity contribution in [3.05, 3.63) is 64.6 Å². The van der Waals surface area contributed by atoms with Crippen LogP contribution in [0.5, 0.6) is 5.75 Å². The molecule has 0 unspecified atom stereocenters. The van der Waals surface area contributed by atoms with Crippen molar-refractivity contribution in [3.63, 3.8) is 0 Å². The highest BCUT2D eigenvalue weighted by Crippen LogP contribution is 2.44. The van der Waals surface area contributed by atoms with Crippen LogP contribution in [-0.2, 0) is 0 Å². The van der Waals surface area contributed by atoms with Gasteiger partial charge < -0.3 is 10.5 Å². The van der Waals surface area contributed by atoms with E-state index in [0.717, 1.165) is 0 Å². The number of anilines is 1. The zero-order valence-corrected chi connectivity index (χ0v) is 15.1. The molecule has 148 valence electrons. The van der Waals surface area contributed by atoms with Crippen LogP contribution in [0.2, 0.25) is 0 Å². The maximum absolute atomic E-state index is 14.6. The summed E-state index contributed by atoms with van der Waals surface area (Å²) in [6, 6.07) is 7.86. The highest BCUT2D eigenvalue weighted by atomic mass is 19.2. The summed E-state index contributed by atoms with van der Waals surface area (Å²) >= 11 is 0. The standard InChI is InChI=1S/C20H12F5N3O/c1-8-12(9-5-3-4-6-11(9)29-2)13(10(7-26)20(27)28-8)14-15(21)17(23)19(25)18(24)16(14)22/h3-6H,1-2H3,(H2,27,28). The lowest BCUT2D eigenvalue weighted by Crippen LogP contribution is -2.09. The lowest BCUT2D eigenvalue weighted by atomic mass is 9.89. The fourth-order valence-electron chi connectivity index (χ4n) is 3.09. The zero-order valence-electron chi connectivity index (χ0n) is 15.1. The Morgan fingerprint density at radius 1 is 0.897 bits per heavy atom. The van der Waals surface area contributed by atoms with E-state index in [0.29, 0.717) is 0 Å². The molecule has 0 spiro atoms. The molecular formula is C20H12F5N3O. The first-order chi connectivity index (χ1) is 13.7. The van der Waals surface area contributed by atoms with Gasteiger partial charge in [-0.2, -0.15) is 5.26 Å². The number of nitriles is 1. The van der Waals surface area contributed by atoms with Crippen molar-refractivity contribution in [2.45, 2.75) is 6.92 Å². The number of rotatable bonds is 3. The summed E-state index contributed by atoms with van der Waals surface area (Å²) in [5, 5.41) is 9.52. The molecule has 2 aromatic carbocycles. The Hall–Kier alpha value is -3.67. The molecule has 0 aliphatic rings. The van der Waals surface area contributed by atoms with Gasteiger partial charge in [0.25, 0.3) is 0 Å². The smallest absolute Gasteiger partial charge is 0.200 e. The molecule has 2 N–H and O–H groups in total. The Bertz CT molecular complexity index is 1160. The highest BCUT2D eigenvalue weighted by Gasteiger charge is 2.32. The van der Waals surface area contributed by atoms with Gasteiger partial charge in [-0.05, 0) is 13.0 Å². The first-order valence-corrected chi connectivity index (χ1v) is 8.09. The van der Waals surface area contributed by atoms with Crippen LogP contribution in [0.1, 0.15) is 11.3 Å². The van der Waals surface area contributed by atoms with E-state index in [2.05, 4.69) is 4.98 Å². The fraction of sp³-hybridized carbons (Fsp3) is 0.100. The SMILES string of the molecule is COc1ccccc1-c1c(C)nc(N)c(C#N)c1-c1c(F)c(F)c(F)c(F)c1F. The number of methoxy groups -OCH3 is 1. The minimum atomic E-state index is -2.31. The summed E-state index contributed by atoms with van der Waals surface area (Å²) < 4.78 is 75.8. The number of ether oxygens (including phenoxy) is 1. The quantitative estimate of drug-likeness (QED) is 0.383. The second-order valence-electron chi connectivity index (χ2n) is 5.96. The van der Waals surface area contributed by atoms with Gasteiger partial charge in [-0.25, -0.2) is 26.9 Å². The Morgan fingerprint density at radius 3 is 2.00 bits per heavy atom. The molecule has 9 heteroatoms. The normalized spacial score (nSPS) is 10.7. The van der Waals surface area contributed by atoms with E-state index in [1.807, 2.05) is 0 Å². The number of halogens is 5. The van der Waals surface area contributed by atoms with Gasteiger partial charge in [-0.15, -0.1) is 0 Å². The van der Waals surface area contributed by atoms with Crippen LogP contribution in [0, 0.1) is 47.3 Å². The van der Waals surface area contributed by atoms with Crippen LogP contribution >= 0.6 is 0 Å². The predicted molar refractivity (Wildman–Crippen MR) is 95.3 cm³/mol. The number of nitrogen functional groups attached to an aromatic ring is 1. The van der Waals surface area contributed by atoms with Gasteiger partial charge >= 0.3 is 0 Å². The molecule has 0 radical (unpaired) electrons. The zero-order chi connectivity index (χ0) is 21.5. The van der Waals surface area contributed by atoms with E-state index in [-0.39, 0.29) is 22.6 Å². The first-order valence-electron chi connectivity index (χ1n) is 8.09. The van der Waals surface area contributed by atoms with Crippen LogP contribution in [0.4, 0.5) is 27.8 Å². The number of nitrogens with two attached hydrogens (primary N) is 1. The molecule has 0 atom stereocenters. The monoisotopic (exact) mass is 405 g/mol. The molecule has 3 aromatic rings. The number of pyridine rings is 1. The third-order valence-corrected chi connectivity index (χ3v) is 4.35. The van der Waals surface area contributed by atoms with Crippen molar-refractivity contribution in [1.29, 1.82) is 5.26 Å². The second-order valence-corrected chi connectivity index (χ2v) is 5.96. The summed E-state index contributed by atoms with van der Waals surface area (Å²) in [5.74, 6) is -10.9. The van der Waals surface area contributed by atoms with Crippen molar-refractivity contribution >= 4 is 5.82 Å². The van der Waals surface area contributed by atoms with Gasteiger partial charge in [-0.3, -0.25) is 0 Å². The number of nitrogens with zero attached hydrogens (tertiary/aromatic N) is 2. The topological polar surface area (TPSA) is 71.9 Å². The largest absolute Gasteiger partial charge is 0.496 e. The molecule has 0 aliphatic carbocycles. The van der Waals surface area contributed by atoms with Gasteiger partial charge in [-0.1, -0.05) is 18.2 Å². The number of hydrogen-bond acceptors (Lipinski definition) is 4. The summed E-state index contributed by atoms with van der Waals surface area (Å²) in [6.07, 6.45) is 0. The summed E-state index contributed by atoms with van der Waals surface area (Å²) in [6.45, 7) is 1.43. The molecule has 0 saturated heterocycles. The van der Waals surface area contributed by atoms with Gasteiger partial charge in [0.1, 0.15) is 23.2 Å². The van der Waals surface area contributed by atoms with E-state index >= 15 is 0 Å². The second kappa shape index (κ2) is 7.39. The lowest BCUT2D eigenvalue weighted by molar-refractivity contribution is 0.381. The maximum atomic E-state index is 14.6. The van der Waals surface area contributed by atoms with E-state index in [4.69, 9.17) is 10.5 Å². The van der Waals surface area contributed by atoms with Crippen LogP contribution in [0.3, 0.4) is 0 Å². The van der Waals surface area contributed by atoms with Crippen LogP contribution < -0.4 is 10.5 Å². The number of para-hydroxylation sites is 1. The maximum Gasteiger partial charge on any atom is 0.200 e. The minimum Gasteiger partial charge on any atom is -0.496 e. The van der Waals surface area contributed by atoms with E-state index in [1.165, 1.54) is 26.2 Å². The van der Waals surface area contributed by atoms with E-state index in [1.54, 1.807) is 18.2 Å². The molecule has 0 fully saturated rings. The Kier molecular flexibility index (Phi) is 5.12. The Labute approximate surface area is 162 Å². The average molecular weight is 405 g/mol. The minimum absolute atomic E-state index is 0.0450. The highest BCUT2D eigenvalue weighted by molar-refractivity contribution is 5.93. The van der Waals surface area contributed by atoms with Crippen molar-refractivity contribution < 1.29 is 26.7 Å². The molecule has 0 amide bonds. The summed E-state index contributed by atoms with van der Waals surface area (Å²) in [5.41, 5.74) is 3.66. The molecule has 1 heterocycles. The van der Waals surface area contributed by atoms with Crippen molar-refractivity contribution in [2.24, 2.45) is 0 Å². The van der Waals surface area contributed by atoms with Gasteiger partial charge in [0.05, 0.1) is 12.7 Å². The summed E-state index contributed by atoms with van der Waals surface area (Å²) in [4.78, 5) is 4.00. The van der Waals surface area contributed by atoms with Gasteiger partial charge in [0, 0.05) is 22.4 Å². The first kappa shape index (κ1) is 20.1. The average Bonchev–Trinajstić information content (AvgIpc) is 2.71. The summed E-state index contributed by atoms with van der Waals surface area (Å²) in [7, 11) is 1.34. The number of aryl methyl sites for hydroxylation is 1. The van der Waals surface area contributed by atoms with Gasteiger partial charge in [0.15, 0.2) is 23.3 Å².